The van der Waals surface area contributed by atoms with Gasteiger partial charge < -0.3 is 11.6 Å². The molecule has 2 N–H and O–H groups in total. The van der Waals surface area contributed by atoms with E-state index in [1.165, 1.54) is 6.08 Å². The van der Waals surface area contributed by atoms with Crippen LogP contribution in [0, 0.1) is 0 Å². The first-order valence-corrected chi connectivity index (χ1v) is 4.78. The van der Waals surface area contributed by atoms with Gasteiger partial charge in [0.1, 0.15) is 6.10 Å². The van der Waals surface area contributed by atoms with Crippen molar-refractivity contribution < 1.29 is 79.8 Å². The van der Waals surface area contributed by atoms with Gasteiger partial charge in [-0.1, -0.05) is 6.08 Å². The van der Waals surface area contributed by atoms with Crippen LogP contribution < -0.4 is 51.4 Å². The van der Waals surface area contributed by atoms with Gasteiger partial charge in [0.15, 0.2) is 0 Å². The molecule has 6 nitrogen and oxygen atoms in total. The van der Waals surface area contributed by atoms with Gasteiger partial charge in [-0.25, -0.2) is 8.37 Å². The molecule has 0 amide bonds. The Bertz CT molecular complexity index is 244. The summed E-state index contributed by atoms with van der Waals surface area (Å²) < 4.78 is 29.8. The standard InChI is InChI=1S/C6H12O6S.K.H/c1-2-3-11-13(9,10)12-5-6(8)4-7;;/h2,6-8H,1,3-5H2;;/q;+1;-1. The van der Waals surface area contributed by atoms with Gasteiger partial charge in [-0.05, 0) is 0 Å². The van der Waals surface area contributed by atoms with Crippen LogP contribution in [0.5, 0.6) is 0 Å². The van der Waals surface area contributed by atoms with Gasteiger partial charge in [-0.2, -0.15) is 8.42 Å². The van der Waals surface area contributed by atoms with E-state index in [2.05, 4.69) is 14.9 Å². The number of aliphatic hydroxyl groups is 2. The van der Waals surface area contributed by atoms with E-state index >= 15 is 0 Å². The third-order valence-electron chi connectivity index (χ3n) is 0.946. The fraction of sp³-hybridized carbons (Fsp3) is 0.667. The van der Waals surface area contributed by atoms with Crippen LogP contribution in [0.15, 0.2) is 12.7 Å². The molecule has 8 heteroatoms. The molecule has 0 heterocycles. The second-order valence-electron chi connectivity index (χ2n) is 2.10. The van der Waals surface area contributed by atoms with E-state index in [0.717, 1.165) is 0 Å². The molecule has 80 valence electrons. The van der Waals surface area contributed by atoms with E-state index in [1.54, 1.807) is 0 Å². The summed E-state index contributed by atoms with van der Waals surface area (Å²) >= 11 is 0. The molecule has 1 atom stereocenters. The number of rotatable bonds is 7. The molecule has 0 bridgehead atoms. The topological polar surface area (TPSA) is 93.1 Å². The van der Waals surface area contributed by atoms with E-state index < -0.39 is 29.7 Å². The summed E-state index contributed by atoms with van der Waals surface area (Å²) in [6.45, 7) is 1.94. The molecule has 0 aliphatic carbocycles. The van der Waals surface area contributed by atoms with Crippen LogP contribution in [0.1, 0.15) is 1.43 Å². The van der Waals surface area contributed by atoms with Crippen LogP contribution in [-0.2, 0) is 18.8 Å². The third-order valence-corrected chi connectivity index (χ3v) is 1.80. The summed E-state index contributed by atoms with van der Waals surface area (Å²) in [5, 5.41) is 17.1. The van der Waals surface area contributed by atoms with E-state index in [1.807, 2.05) is 0 Å². The molecule has 1 unspecified atom stereocenters. The zero-order chi connectivity index (χ0) is 10.3. The quantitative estimate of drug-likeness (QED) is 0.353. The zero-order valence-electron chi connectivity index (χ0n) is 8.92. The van der Waals surface area contributed by atoms with Gasteiger partial charge in [-0.15, -0.1) is 6.58 Å². The molecule has 0 aliphatic rings. The van der Waals surface area contributed by atoms with Crippen LogP contribution in [0.25, 0.3) is 0 Å². The minimum atomic E-state index is -4.09. The second kappa shape index (κ2) is 9.40. The van der Waals surface area contributed by atoms with Crippen LogP contribution >= 0.6 is 0 Å². The Morgan fingerprint density at radius 1 is 1.50 bits per heavy atom. The number of aliphatic hydroxyl groups excluding tert-OH is 2. The summed E-state index contributed by atoms with van der Waals surface area (Å²) in [5.41, 5.74) is 0. The van der Waals surface area contributed by atoms with E-state index in [0.29, 0.717) is 0 Å². The van der Waals surface area contributed by atoms with Crippen LogP contribution in [-0.4, -0.2) is 44.6 Å². The number of hydrogen-bond donors (Lipinski definition) is 2. The van der Waals surface area contributed by atoms with Crippen molar-refractivity contribution in [3.05, 3.63) is 12.7 Å². The van der Waals surface area contributed by atoms with Crippen molar-refractivity contribution in [2.75, 3.05) is 19.8 Å². The molecular formula is C6H13KO6S. The number of hydrogen-bond acceptors (Lipinski definition) is 6. The predicted molar refractivity (Wildman–Crippen MR) is 45.2 cm³/mol. The summed E-state index contributed by atoms with van der Waals surface area (Å²) in [6.07, 6.45) is 0.00530. The Morgan fingerprint density at radius 3 is 2.50 bits per heavy atom. The van der Waals surface area contributed by atoms with Gasteiger partial charge in [0, 0.05) is 0 Å². The average molecular weight is 252 g/mol. The molecule has 0 aromatic heterocycles. The smallest absolute Gasteiger partial charge is 1.00 e. The molecule has 0 saturated heterocycles. The maximum absolute atomic E-state index is 10.7. The minimum Gasteiger partial charge on any atom is -1.00 e. The normalized spacial score (nSPS) is 13.0. The molecule has 0 saturated carbocycles. The SMILES string of the molecule is C=CCOS(=O)(=O)OCC(O)CO.[H-].[K+]. The molecule has 14 heavy (non-hydrogen) atoms. The van der Waals surface area contributed by atoms with Crippen molar-refractivity contribution in [3.63, 3.8) is 0 Å². The van der Waals surface area contributed by atoms with Gasteiger partial charge in [-0.3, -0.25) is 0 Å². The zero-order valence-corrected chi connectivity index (χ0v) is 11.9. The summed E-state index contributed by atoms with van der Waals surface area (Å²) in [7, 11) is -4.09. The van der Waals surface area contributed by atoms with E-state index in [9.17, 15) is 8.42 Å². The Labute approximate surface area is 127 Å². The van der Waals surface area contributed by atoms with E-state index in [4.69, 9.17) is 10.2 Å². The van der Waals surface area contributed by atoms with Gasteiger partial charge in [0.25, 0.3) is 0 Å². The third kappa shape index (κ3) is 9.71. The fourth-order valence-corrected chi connectivity index (χ4v) is 1.03. The van der Waals surface area contributed by atoms with Crippen molar-refractivity contribution in [3.8, 4) is 0 Å². The first-order valence-electron chi connectivity index (χ1n) is 3.45. The van der Waals surface area contributed by atoms with Crippen LogP contribution in [0.3, 0.4) is 0 Å². The predicted octanol–water partition coefficient (Wildman–Crippen LogP) is -4.08. The van der Waals surface area contributed by atoms with Gasteiger partial charge in [0.2, 0.25) is 0 Å². The Morgan fingerprint density at radius 2 is 2.07 bits per heavy atom. The van der Waals surface area contributed by atoms with Crippen molar-refractivity contribution in [1.82, 2.24) is 0 Å². The molecule has 0 aliphatic heterocycles. The van der Waals surface area contributed by atoms with Crippen molar-refractivity contribution in [2.45, 2.75) is 6.10 Å². The average Bonchev–Trinajstić information content (AvgIpc) is 2.11. The Kier molecular flexibility index (Phi) is 11.8. The van der Waals surface area contributed by atoms with Crippen molar-refractivity contribution in [2.24, 2.45) is 0 Å². The van der Waals surface area contributed by atoms with Crippen molar-refractivity contribution >= 4 is 10.4 Å². The Balaban J connectivity index is -0.000000720. The molecule has 0 aromatic rings. The summed E-state index contributed by atoms with van der Waals surface area (Å²) in [6, 6.07) is 0. The molecule has 0 aromatic carbocycles. The molecule has 0 fully saturated rings. The molecule has 0 spiro atoms. The Hall–Kier alpha value is 1.17. The minimum absolute atomic E-state index is 0. The monoisotopic (exact) mass is 252 g/mol. The first-order chi connectivity index (χ1) is 6.02. The first kappa shape index (κ1) is 17.6. The summed E-state index contributed by atoms with van der Waals surface area (Å²) in [5.74, 6) is 0. The molecule has 0 rings (SSSR count). The van der Waals surface area contributed by atoms with Gasteiger partial charge >= 0.3 is 61.8 Å². The maximum Gasteiger partial charge on any atom is 1.00 e. The van der Waals surface area contributed by atoms with Crippen molar-refractivity contribution in [1.29, 1.82) is 0 Å². The second-order valence-corrected chi connectivity index (χ2v) is 3.39. The fourth-order valence-electron chi connectivity index (χ4n) is 0.380. The van der Waals surface area contributed by atoms with Crippen LogP contribution in [0.4, 0.5) is 0 Å². The summed E-state index contributed by atoms with van der Waals surface area (Å²) in [4.78, 5) is 0. The van der Waals surface area contributed by atoms with Gasteiger partial charge in [0.05, 0.1) is 19.8 Å². The van der Waals surface area contributed by atoms with Crippen LogP contribution in [0.2, 0.25) is 0 Å². The molecular weight excluding hydrogens is 239 g/mol. The molecule has 0 radical (unpaired) electrons. The van der Waals surface area contributed by atoms with E-state index in [-0.39, 0.29) is 59.4 Å². The maximum atomic E-state index is 10.7. The largest absolute Gasteiger partial charge is 1.00 e.